The first-order valence-electron chi connectivity index (χ1n) is 6.45. The summed E-state index contributed by atoms with van der Waals surface area (Å²) in [5.41, 5.74) is 1.00. The van der Waals surface area contributed by atoms with Crippen LogP contribution < -0.4 is 5.32 Å². The van der Waals surface area contributed by atoms with E-state index in [-0.39, 0.29) is 18.4 Å². The van der Waals surface area contributed by atoms with Crippen molar-refractivity contribution in [2.24, 2.45) is 0 Å². The number of para-hydroxylation sites is 1. The zero-order valence-corrected chi connectivity index (χ0v) is 11.7. The third kappa shape index (κ3) is 3.34. The second-order valence-electron chi connectivity index (χ2n) is 4.74. The molecule has 0 aliphatic carbocycles. The molecule has 0 radical (unpaired) electrons. The maximum Gasteiger partial charge on any atom is 0.241 e. The van der Waals surface area contributed by atoms with Crippen LogP contribution in [0.15, 0.2) is 30.5 Å². The number of nitrogens with zero attached hydrogens (tertiary/aromatic N) is 3. The summed E-state index contributed by atoms with van der Waals surface area (Å²) in [6, 6.07) is 7.84. The fourth-order valence-electron chi connectivity index (χ4n) is 1.83. The quantitative estimate of drug-likeness (QED) is 0.869. The number of benzene rings is 1. The van der Waals surface area contributed by atoms with Crippen LogP contribution in [0.25, 0.3) is 10.9 Å². The van der Waals surface area contributed by atoms with E-state index in [0.29, 0.717) is 13.0 Å². The molecule has 0 spiro atoms. The van der Waals surface area contributed by atoms with Crippen LogP contribution in [-0.4, -0.2) is 47.1 Å². The van der Waals surface area contributed by atoms with Gasteiger partial charge >= 0.3 is 0 Å². The molecule has 6 heteroatoms. The highest BCUT2D eigenvalue weighted by molar-refractivity contribution is 5.84. The highest BCUT2D eigenvalue weighted by Gasteiger charge is 2.08. The number of aryl methyl sites for hydroxylation is 1. The molecule has 106 valence electrons. The molecule has 0 aliphatic heterocycles. The van der Waals surface area contributed by atoms with Crippen molar-refractivity contribution in [3.63, 3.8) is 0 Å². The minimum Gasteiger partial charge on any atom is -0.347 e. The Balaban J connectivity index is 1.86. The molecular weight excluding hydrogens is 256 g/mol. The molecule has 0 unspecified atom stereocenters. The van der Waals surface area contributed by atoms with Crippen LogP contribution in [0.4, 0.5) is 0 Å². The molecule has 0 fully saturated rings. The number of amides is 2. The molecule has 1 aromatic heterocycles. The number of carbonyl (C=O) groups excluding carboxylic acids is 2. The lowest BCUT2D eigenvalue weighted by molar-refractivity contribution is -0.130. The van der Waals surface area contributed by atoms with Crippen molar-refractivity contribution in [2.75, 3.05) is 20.6 Å². The van der Waals surface area contributed by atoms with Crippen LogP contribution in [0.5, 0.6) is 0 Å². The number of nitrogens with one attached hydrogen (secondary N) is 1. The van der Waals surface area contributed by atoms with Crippen LogP contribution in [0.3, 0.4) is 0 Å². The van der Waals surface area contributed by atoms with Gasteiger partial charge in [-0.15, -0.1) is 0 Å². The third-order valence-electron chi connectivity index (χ3n) is 3.04. The van der Waals surface area contributed by atoms with E-state index >= 15 is 0 Å². The van der Waals surface area contributed by atoms with Crippen LogP contribution >= 0.6 is 0 Å². The fraction of sp³-hybridized carbons (Fsp3) is 0.357. The first-order chi connectivity index (χ1) is 9.58. The second-order valence-corrected chi connectivity index (χ2v) is 4.74. The number of hydrogen-bond donors (Lipinski definition) is 1. The van der Waals surface area contributed by atoms with Crippen molar-refractivity contribution in [1.29, 1.82) is 0 Å². The summed E-state index contributed by atoms with van der Waals surface area (Å²) in [4.78, 5) is 24.5. The minimum atomic E-state index is -0.153. The maximum absolute atomic E-state index is 11.7. The monoisotopic (exact) mass is 274 g/mol. The average molecular weight is 274 g/mol. The normalized spacial score (nSPS) is 10.5. The van der Waals surface area contributed by atoms with E-state index < -0.39 is 0 Å². The molecule has 1 aromatic carbocycles. The molecule has 0 saturated heterocycles. The largest absolute Gasteiger partial charge is 0.347 e. The number of rotatable bonds is 5. The van der Waals surface area contributed by atoms with Crippen LogP contribution in [0.1, 0.15) is 6.42 Å². The molecule has 1 heterocycles. The smallest absolute Gasteiger partial charge is 0.241 e. The lowest BCUT2D eigenvalue weighted by atomic mass is 10.2. The van der Waals surface area contributed by atoms with E-state index in [2.05, 4.69) is 10.4 Å². The average Bonchev–Trinajstić information content (AvgIpc) is 2.85. The van der Waals surface area contributed by atoms with Crippen molar-refractivity contribution < 1.29 is 9.59 Å². The van der Waals surface area contributed by atoms with Gasteiger partial charge in [-0.25, -0.2) is 0 Å². The van der Waals surface area contributed by atoms with Gasteiger partial charge in [0.1, 0.15) is 0 Å². The second kappa shape index (κ2) is 6.18. The summed E-state index contributed by atoms with van der Waals surface area (Å²) in [5, 5.41) is 7.91. The molecule has 0 atom stereocenters. The van der Waals surface area contributed by atoms with Gasteiger partial charge in [-0.3, -0.25) is 14.3 Å². The van der Waals surface area contributed by atoms with Crippen LogP contribution in [-0.2, 0) is 16.1 Å². The van der Waals surface area contributed by atoms with E-state index in [1.54, 1.807) is 25.0 Å². The molecule has 20 heavy (non-hydrogen) atoms. The molecule has 0 aliphatic rings. The van der Waals surface area contributed by atoms with Gasteiger partial charge in [0.2, 0.25) is 11.8 Å². The Morgan fingerprint density at radius 2 is 2.05 bits per heavy atom. The molecule has 2 aromatic rings. The van der Waals surface area contributed by atoms with E-state index in [9.17, 15) is 9.59 Å². The molecule has 2 rings (SSSR count). The number of hydrogen-bond acceptors (Lipinski definition) is 3. The molecule has 1 N–H and O–H groups in total. The van der Waals surface area contributed by atoms with Gasteiger partial charge < -0.3 is 10.2 Å². The number of aromatic nitrogens is 2. The molecule has 6 nitrogen and oxygen atoms in total. The van der Waals surface area contributed by atoms with Gasteiger partial charge in [0.25, 0.3) is 0 Å². The fourth-order valence-corrected chi connectivity index (χ4v) is 1.83. The van der Waals surface area contributed by atoms with Crippen molar-refractivity contribution in [1.82, 2.24) is 20.0 Å². The van der Waals surface area contributed by atoms with Crippen LogP contribution in [0, 0.1) is 0 Å². The first-order valence-corrected chi connectivity index (χ1v) is 6.45. The third-order valence-corrected chi connectivity index (χ3v) is 3.04. The molecule has 2 amide bonds. The topological polar surface area (TPSA) is 67.2 Å². The lowest BCUT2D eigenvalue weighted by Crippen LogP contribution is -2.36. The lowest BCUT2D eigenvalue weighted by Gasteiger charge is -2.11. The highest BCUT2D eigenvalue weighted by Crippen LogP contribution is 2.12. The summed E-state index contributed by atoms with van der Waals surface area (Å²) >= 11 is 0. The summed E-state index contributed by atoms with van der Waals surface area (Å²) in [5.74, 6) is -0.275. The zero-order valence-electron chi connectivity index (χ0n) is 11.7. The van der Waals surface area contributed by atoms with E-state index in [1.165, 1.54) is 4.90 Å². The summed E-state index contributed by atoms with van der Waals surface area (Å²) < 4.78 is 1.79. The van der Waals surface area contributed by atoms with Gasteiger partial charge in [-0.05, 0) is 6.07 Å². The van der Waals surface area contributed by atoms with Gasteiger partial charge in [0.05, 0.1) is 24.8 Å². The SMILES string of the molecule is CN(C)C(=O)CNC(=O)CCn1ncc2ccccc21. The van der Waals surface area contributed by atoms with Gasteiger partial charge in [-0.2, -0.15) is 5.10 Å². The van der Waals surface area contributed by atoms with Crippen molar-refractivity contribution in [2.45, 2.75) is 13.0 Å². The number of likely N-dealkylation sites (N-methyl/N-ethyl adjacent to an activating group) is 1. The summed E-state index contributed by atoms with van der Waals surface area (Å²) in [6.45, 7) is 0.529. The Hall–Kier alpha value is -2.37. The first kappa shape index (κ1) is 14.0. The Morgan fingerprint density at radius 3 is 2.80 bits per heavy atom. The molecule has 0 saturated carbocycles. The van der Waals surface area contributed by atoms with Crippen molar-refractivity contribution >= 4 is 22.7 Å². The van der Waals surface area contributed by atoms with Gasteiger partial charge in [0, 0.05) is 25.9 Å². The van der Waals surface area contributed by atoms with E-state index in [4.69, 9.17) is 0 Å². The Bertz CT molecular complexity index is 618. The summed E-state index contributed by atoms with van der Waals surface area (Å²) in [6.07, 6.45) is 2.08. The van der Waals surface area contributed by atoms with Crippen LogP contribution in [0.2, 0.25) is 0 Å². The Labute approximate surface area is 117 Å². The Morgan fingerprint density at radius 1 is 1.30 bits per heavy atom. The van der Waals surface area contributed by atoms with Crippen molar-refractivity contribution in [3.8, 4) is 0 Å². The molecular formula is C14H18N4O2. The predicted molar refractivity (Wildman–Crippen MR) is 76.1 cm³/mol. The van der Waals surface area contributed by atoms with Crippen molar-refractivity contribution in [3.05, 3.63) is 30.5 Å². The standard InChI is InChI=1S/C14H18N4O2/c1-17(2)14(20)10-15-13(19)7-8-18-12-6-4-3-5-11(12)9-16-18/h3-6,9H,7-8,10H2,1-2H3,(H,15,19). The highest BCUT2D eigenvalue weighted by atomic mass is 16.2. The van der Waals surface area contributed by atoms with Gasteiger partial charge in [0.15, 0.2) is 0 Å². The summed E-state index contributed by atoms with van der Waals surface area (Å²) in [7, 11) is 3.31. The minimum absolute atomic E-state index is 0.0334. The Kier molecular flexibility index (Phi) is 4.34. The van der Waals surface area contributed by atoms with E-state index in [0.717, 1.165) is 10.9 Å². The maximum atomic E-state index is 11.7. The predicted octanol–water partition coefficient (Wildman–Crippen LogP) is 0.631. The zero-order chi connectivity index (χ0) is 14.5. The molecule has 0 bridgehead atoms. The van der Waals surface area contributed by atoms with E-state index in [1.807, 2.05) is 24.3 Å². The van der Waals surface area contributed by atoms with Gasteiger partial charge in [-0.1, -0.05) is 18.2 Å². The number of carbonyl (C=O) groups is 2. The number of fused-ring (bicyclic) bond motifs is 1.